The van der Waals surface area contributed by atoms with Crippen molar-refractivity contribution in [1.82, 2.24) is 0 Å². The smallest absolute Gasteiger partial charge is 0.338 e. The van der Waals surface area contributed by atoms with Crippen LogP contribution in [0.1, 0.15) is 39.4 Å². The molecule has 1 aliphatic heterocycles. The van der Waals surface area contributed by atoms with Crippen LogP contribution < -0.4 is 5.32 Å². The molecule has 0 aromatic heterocycles. The number of benzene rings is 2. The van der Waals surface area contributed by atoms with Crippen LogP contribution in [-0.2, 0) is 9.53 Å². The number of ether oxygens (including phenoxy) is 1. The number of esters is 1. The number of rotatable bonds is 5. The maximum atomic E-state index is 12.3. The topological polar surface area (TPSA) is 79.2 Å². The first-order valence-corrected chi connectivity index (χ1v) is 11.0. The zero-order valence-corrected chi connectivity index (χ0v) is 17.0. The molecule has 144 valence electrons. The highest BCUT2D eigenvalue weighted by molar-refractivity contribution is 8.16. The predicted octanol–water partition coefficient (Wildman–Crippen LogP) is 4.61. The van der Waals surface area contributed by atoms with Crippen molar-refractivity contribution in [3.05, 3.63) is 65.2 Å². The summed E-state index contributed by atoms with van der Waals surface area (Å²) in [5.74, 6) is 1.33. The van der Waals surface area contributed by atoms with Gasteiger partial charge in [-0.15, -0.1) is 23.5 Å². The van der Waals surface area contributed by atoms with Gasteiger partial charge < -0.3 is 10.1 Å². The number of nitriles is 1. The standard InChI is InChI=1S/C21H20N2O3S2/c1-14(19(24)23-18-5-2-4-15(12-18)13-22)26-20(25)16-6-8-17(9-7-16)21-27-10-3-11-28-21/h2,4-9,12,14,21H,3,10-11H2,1H3,(H,23,24)/t14-/m0/s1. The normalized spacial score (nSPS) is 15.3. The van der Waals surface area contributed by atoms with E-state index in [0.29, 0.717) is 21.4 Å². The third-order valence-electron chi connectivity index (χ3n) is 4.16. The number of hydrogen-bond donors (Lipinski definition) is 1. The fourth-order valence-electron chi connectivity index (χ4n) is 2.65. The monoisotopic (exact) mass is 412 g/mol. The Morgan fingerprint density at radius 2 is 1.89 bits per heavy atom. The maximum absolute atomic E-state index is 12.3. The molecule has 2 aromatic rings. The molecule has 0 radical (unpaired) electrons. The third-order valence-corrected chi connectivity index (χ3v) is 7.17. The molecule has 0 bridgehead atoms. The molecule has 28 heavy (non-hydrogen) atoms. The van der Waals surface area contributed by atoms with Crippen molar-refractivity contribution in [3.63, 3.8) is 0 Å². The summed E-state index contributed by atoms with van der Waals surface area (Å²) in [6.07, 6.45) is 0.277. The van der Waals surface area contributed by atoms with Gasteiger partial charge in [-0.2, -0.15) is 5.26 Å². The van der Waals surface area contributed by atoms with E-state index in [1.807, 2.05) is 41.7 Å². The third kappa shape index (κ3) is 5.31. The minimum atomic E-state index is -0.956. The van der Waals surface area contributed by atoms with Crippen LogP contribution in [0.4, 0.5) is 5.69 Å². The quantitative estimate of drug-likeness (QED) is 0.723. The van der Waals surface area contributed by atoms with Gasteiger partial charge >= 0.3 is 5.97 Å². The molecule has 1 amide bonds. The van der Waals surface area contributed by atoms with Gasteiger partial charge in [-0.25, -0.2) is 4.79 Å². The number of nitrogens with one attached hydrogen (secondary N) is 1. The molecule has 0 unspecified atom stereocenters. The van der Waals surface area contributed by atoms with E-state index in [4.69, 9.17) is 10.00 Å². The molecule has 5 nitrogen and oxygen atoms in total. The SMILES string of the molecule is C[C@H](OC(=O)c1ccc(C2SCCCS2)cc1)C(=O)Nc1cccc(C#N)c1. The largest absolute Gasteiger partial charge is 0.449 e. The first-order chi connectivity index (χ1) is 13.6. The number of carbonyl (C=O) groups is 2. The number of nitrogens with zero attached hydrogens (tertiary/aromatic N) is 1. The van der Waals surface area contributed by atoms with E-state index >= 15 is 0 Å². The Balaban J connectivity index is 1.57. The molecular formula is C21H20N2O3S2. The summed E-state index contributed by atoms with van der Waals surface area (Å²) in [4.78, 5) is 24.6. The average Bonchev–Trinajstić information content (AvgIpc) is 2.74. The first-order valence-electron chi connectivity index (χ1n) is 8.92. The van der Waals surface area contributed by atoms with Crippen molar-refractivity contribution in [2.45, 2.75) is 24.0 Å². The number of carbonyl (C=O) groups excluding carboxylic acids is 2. The van der Waals surface area contributed by atoms with Gasteiger partial charge in [-0.05, 0) is 60.7 Å². The summed E-state index contributed by atoms with van der Waals surface area (Å²) in [5, 5.41) is 11.6. The highest BCUT2D eigenvalue weighted by Gasteiger charge is 2.20. The molecule has 0 saturated carbocycles. The van der Waals surface area contributed by atoms with Crippen LogP contribution in [0.2, 0.25) is 0 Å². The Morgan fingerprint density at radius 3 is 2.57 bits per heavy atom. The maximum Gasteiger partial charge on any atom is 0.338 e. The molecule has 0 aliphatic carbocycles. The fraction of sp³-hybridized carbons (Fsp3) is 0.286. The fourth-order valence-corrected chi connectivity index (χ4v) is 5.54. The van der Waals surface area contributed by atoms with Crippen molar-refractivity contribution < 1.29 is 14.3 Å². The van der Waals surface area contributed by atoms with Crippen LogP contribution in [0.25, 0.3) is 0 Å². The number of anilines is 1. The molecule has 1 N–H and O–H groups in total. The summed E-state index contributed by atoms with van der Waals surface area (Å²) < 4.78 is 5.70. The number of amides is 1. The van der Waals surface area contributed by atoms with E-state index in [0.717, 1.165) is 11.5 Å². The highest BCUT2D eigenvalue weighted by Crippen LogP contribution is 2.43. The molecule has 0 spiro atoms. The van der Waals surface area contributed by atoms with E-state index in [1.54, 1.807) is 36.4 Å². The molecule has 1 fully saturated rings. The van der Waals surface area contributed by atoms with E-state index in [9.17, 15) is 9.59 Å². The lowest BCUT2D eigenvalue weighted by molar-refractivity contribution is -0.123. The average molecular weight is 413 g/mol. The number of thioether (sulfide) groups is 2. The van der Waals surface area contributed by atoms with Crippen LogP contribution in [0, 0.1) is 11.3 Å². The van der Waals surface area contributed by atoms with Crippen molar-refractivity contribution in [2.75, 3.05) is 16.8 Å². The summed E-state index contributed by atoms with van der Waals surface area (Å²) in [7, 11) is 0. The molecule has 7 heteroatoms. The zero-order valence-electron chi connectivity index (χ0n) is 15.4. The van der Waals surface area contributed by atoms with E-state index in [-0.39, 0.29) is 0 Å². The second-order valence-electron chi connectivity index (χ2n) is 6.28. The minimum Gasteiger partial charge on any atom is -0.449 e. The van der Waals surface area contributed by atoms with E-state index in [2.05, 4.69) is 5.32 Å². The molecule has 1 saturated heterocycles. The van der Waals surface area contributed by atoms with Gasteiger partial charge in [-0.3, -0.25) is 4.79 Å². The Bertz CT molecular complexity index is 887. The van der Waals surface area contributed by atoms with Crippen molar-refractivity contribution in [2.24, 2.45) is 0 Å². The van der Waals surface area contributed by atoms with Gasteiger partial charge in [0.15, 0.2) is 6.10 Å². The van der Waals surface area contributed by atoms with Crippen molar-refractivity contribution in [1.29, 1.82) is 5.26 Å². The Kier molecular flexibility index (Phi) is 7.01. The van der Waals surface area contributed by atoms with Crippen LogP contribution in [0.3, 0.4) is 0 Å². The van der Waals surface area contributed by atoms with E-state index < -0.39 is 18.0 Å². The summed E-state index contributed by atoms with van der Waals surface area (Å²) >= 11 is 3.84. The van der Waals surface area contributed by atoms with Gasteiger partial charge in [0, 0.05) is 5.69 Å². The molecule has 1 heterocycles. The molecular weight excluding hydrogens is 392 g/mol. The lowest BCUT2D eigenvalue weighted by atomic mass is 10.1. The van der Waals surface area contributed by atoms with Crippen LogP contribution >= 0.6 is 23.5 Å². The Labute approximate surface area is 172 Å². The van der Waals surface area contributed by atoms with Gasteiger partial charge in [-0.1, -0.05) is 18.2 Å². The zero-order chi connectivity index (χ0) is 19.9. The second kappa shape index (κ2) is 9.67. The predicted molar refractivity (Wildman–Crippen MR) is 113 cm³/mol. The second-order valence-corrected chi connectivity index (χ2v) is 9.00. The summed E-state index contributed by atoms with van der Waals surface area (Å²) in [5.41, 5.74) is 2.53. The lowest BCUT2D eigenvalue weighted by Crippen LogP contribution is -2.30. The Hall–Kier alpha value is -2.43. The number of hydrogen-bond acceptors (Lipinski definition) is 6. The van der Waals surface area contributed by atoms with Gasteiger partial charge in [0.2, 0.25) is 0 Å². The lowest BCUT2D eigenvalue weighted by Gasteiger charge is -2.21. The van der Waals surface area contributed by atoms with Crippen molar-refractivity contribution in [3.8, 4) is 6.07 Å². The Morgan fingerprint density at radius 1 is 1.18 bits per heavy atom. The molecule has 1 aliphatic rings. The van der Waals surface area contributed by atoms with Crippen molar-refractivity contribution >= 4 is 41.1 Å². The summed E-state index contributed by atoms with van der Waals surface area (Å²) in [6.45, 7) is 1.52. The van der Waals surface area contributed by atoms with Crippen LogP contribution in [0.5, 0.6) is 0 Å². The summed E-state index contributed by atoms with van der Waals surface area (Å²) in [6, 6.07) is 16.0. The van der Waals surface area contributed by atoms with Gasteiger partial charge in [0.1, 0.15) is 0 Å². The minimum absolute atomic E-state index is 0.410. The van der Waals surface area contributed by atoms with Crippen LogP contribution in [0.15, 0.2) is 48.5 Å². The van der Waals surface area contributed by atoms with Gasteiger partial charge in [0.25, 0.3) is 5.91 Å². The first kappa shape index (κ1) is 20.3. The highest BCUT2D eigenvalue weighted by atomic mass is 32.2. The van der Waals surface area contributed by atoms with Gasteiger partial charge in [0.05, 0.1) is 21.8 Å². The molecule has 3 rings (SSSR count). The molecule has 1 atom stereocenters. The van der Waals surface area contributed by atoms with Crippen LogP contribution in [-0.4, -0.2) is 29.5 Å². The van der Waals surface area contributed by atoms with E-state index in [1.165, 1.54) is 18.9 Å². The molecule has 2 aromatic carbocycles.